The molecule has 0 aliphatic heterocycles. The largest absolute Gasteiger partial charge is 0.485 e. The van der Waals surface area contributed by atoms with E-state index in [0.717, 1.165) is 6.20 Å². The summed E-state index contributed by atoms with van der Waals surface area (Å²) in [5.41, 5.74) is 0.0672. The van der Waals surface area contributed by atoms with Crippen molar-refractivity contribution in [2.45, 2.75) is 13.2 Å². The first-order valence-electron chi connectivity index (χ1n) is 5.44. The highest BCUT2D eigenvalue weighted by Crippen LogP contribution is 2.24. The van der Waals surface area contributed by atoms with E-state index in [1.54, 1.807) is 6.07 Å². The van der Waals surface area contributed by atoms with Crippen LogP contribution in [0.5, 0.6) is 5.75 Å². The number of rotatable bonds is 5. The zero-order chi connectivity index (χ0) is 14.7. The fraction of sp³-hybridized carbons (Fsp3) is 0.167. The Labute approximate surface area is 126 Å². The number of hydrogen-bond donors (Lipinski definition) is 1. The first-order valence-corrected chi connectivity index (χ1v) is 6.52. The Morgan fingerprint density at radius 1 is 1.50 bits per heavy atom. The van der Waals surface area contributed by atoms with Crippen LogP contribution in [-0.2, 0) is 6.61 Å². The van der Waals surface area contributed by atoms with Gasteiger partial charge in [-0.1, -0.05) is 0 Å². The Balaban J connectivity index is 2.16. The summed E-state index contributed by atoms with van der Waals surface area (Å²) < 4.78 is 32.0. The van der Waals surface area contributed by atoms with Crippen molar-refractivity contribution in [3.05, 3.63) is 45.6 Å². The van der Waals surface area contributed by atoms with Gasteiger partial charge in [0.1, 0.15) is 12.4 Å². The van der Waals surface area contributed by atoms with E-state index in [4.69, 9.17) is 9.84 Å². The number of imidazole rings is 1. The first kappa shape index (κ1) is 14.7. The topological polar surface area (TPSA) is 64.3 Å². The second kappa shape index (κ2) is 6.16. The third-order valence-corrected chi connectivity index (χ3v) is 3.39. The van der Waals surface area contributed by atoms with Gasteiger partial charge in [0.15, 0.2) is 5.82 Å². The Kier molecular flexibility index (Phi) is 4.53. The minimum Gasteiger partial charge on any atom is -0.485 e. The quantitative estimate of drug-likeness (QED) is 0.792. The SMILES string of the molecule is O=C(O)c1ccc(I)c(OCc2nccn2C(F)F)c1. The third-order valence-electron chi connectivity index (χ3n) is 2.49. The molecule has 0 saturated heterocycles. The molecule has 0 amide bonds. The first-order chi connectivity index (χ1) is 9.49. The number of hydrogen-bond acceptors (Lipinski definition) is 3. The van der Waals surface area contributed by atoms with E-state index in [9.17, 15) is 13.6 Å². The van der Waals surface area contributed by atoms with Gasteiger partial charge in [0.2, 0.25) is 0 Å². The maximum atomic E-state index is 12.6. The van der Waals surface area contributed by atoms with Gasteiger partial charge in [0.25, 0.3) is 0 Å². The van der Waals surface area contributed by atoms with E-state index in [0.29, 0.717) is 13.9 Å². The minimum atomic E-state index is -2.69. The van der Waals surface area contributed by atoms with Crippen LogP contribution in [0.1, 0.15) is 22.7 Å². The summed E-state index contributed by atoms with van der Waals surface area (Å²) in [5, 5.41) is 8.90. The number of carbonyl (C=O) groups is 1. The standard InChI is InChI=1S/C12H9F2IN2O3/c13-12(14)17-4-3-16-10(17)6-20-9-5-7(11(18)19)1-2-8(9)15/h1-5,12H,6H2,(H,18,19). The molecule has 1 aromatic carbocycles. The summed E-state index contributed by atoms with van der Waals surface area (Å²) in [7, 11) is 0. The highest BCUT2D eigenvalue weighted by atomic mass is 127. The van der Waals surface area contributed by atoms with Crippen molar-refractivity contribution in [3.63, 3.8) is 0 Å². The van der Waals surface area contributed by atoms with Gasteiger partial charge in [-0.25, -0.2) is 9.78 Å². The van der Waals surface area contributed by atoms with E-state index in [1.807, 2.05) is 22.6 Å². The van der Waals surface area contributed by atoms with Gasteiger partial charge >= 0.3 is 12.5 Å². The Bertz CT molecular complexity index is 631. The maximum absolute atomic E-state index is 12.6. The molecule has 1 N–H and O–H groups in total. The molecular weight excluding hydrogens is 385 g/mol. The number of carboxylic acids is 1. The highest BCUT2D eigenvalue weighted by Gasteiger charge is 2.13. The molecule has 0 spiro atoms. The molecule has 0 saturated carbocycles. The Hall–Kier alpha value is -1.71. The maximum Gasteiger partial charge on any atom is 0.335 e. The molecule has 8 heteroatoms. The van der Waals surface area contributed by atoms with Gasteiger partial charge < -0.3 is 9.84 Å². The number of benzene rings is 1. The molecule has 0 aliphatic rings. The van der Waals surface area contributed by atoms with Gasteiger partial charge in [0.05, 0.1) is 9.13 Å². The second-order valence-electron chi connectivity index (χ2n) is 3.77. The predicted octanol–water partition coefficient (Wildman–Crippen LogP) is 3.16. The van der Waals surface area contributed by atoms with Gasteiger partial charge in [0, 0.05) is 12.4 Å². The molecular formula is C12H9F2IN2O3. The lowest BCUT2D eigenvalue weighted by atomic mass is 10.2. The van der Waals surface area contributed by atoms with Crippen LogP contribution in [0.25, 0.3) is 0 Å². The van der Waals surface area contributed by atoms with E-state index >= 15 is 0 Å². The summed E-state index contributed by atoms with van der Waals surface area (Å²) in [5.74, 6) is -0.703. The van der Waals surface area contributed by atoms with Crippen molar-refractivity contribution in [2.75, 3.05) is 0 Å². The average Bonchev–Trinajstić information content (AvgIpc) is 2.86. The van der Waals surface area contributed by atoms with Gasteiger partial charge in [-0.2, -0.15) is 8.78 Å². The summed E-state index contributed by atoms with van der Waals surface area (Å²) in [4.78, 5) is 14.6. The Morgan fingerprint density at radius 3 is 2.90 bits per heavy atom. The number of ether oxygens (including phenoxy) is 1. The van der Waals surface area contributed by atoms with Crippen LogP contribution in [0.4, 0.5) is 8.78 Å². The molecule has 2 aromatic rings. The predicted molar refractivity (Wildman–Crippen MR) is 73.9 cm³/mol. The zero-order valence-corrected chi connectivity index (χ0v) is 12.1. The van der Waals surface area contributed by atoms with Crippen molar-refractivity contribution >= 4 is 28.6 Å². The fourth-order valence-electron chi connectivity index (χ4n) is 1.52. The van der Waals surface area contributed by atoms with Crippen molar-refractivity contribution < 1.29 is 23.4 Å². The number of aromatic carboxylic acids is 1. The second-order valence-corrected chi connectivity index (χ2v) is 4.93. The monoisotopic (exact) mass is 394 g/mol. The smallest absolute Gasteiger partial charge is 0.335 e. The lowest BCUT2D eigenvalue weighted by Gasteiger charge is -2.10. The molecule has 1 heterocycles. The van der Waals surface area contributed by atoms with E-state index in [1.165, 1.54) is 18.3 Å². The van der Waals surface area contributed by atoms with Crippen molar-refractivity contribution in [2.24, 2.45) is 0 Å². The third kappa shape index (κ3) is 3.24. The van der Waals surface area contributed by atoms with Crippen LogP contribution in [0, 0.1) is 3.57 Å². The number of halogens is 3. The van der Waals surface area contributed by atoms with Crippen LogP contribution < -0.4 is 4.74 Å². The van der Waals surface area contributed by atoms with Crippen LogP contribution in [0.15, 0.2) is 30.6 Å². The number of carboxylic acid groups (broad SMARTS) is 1. The summed E-state index contributed by atoms with van der Waals surface area (Å²) in [6.45, 7) is -2.86. The molecule has 1 aromatic heterocycles. The van der Waals surface area contributed by atoms with Crippen molar-refractivity contribution in [1.29, 1.82) is 0 Å². The fourth-order valence-corrected chi connectivity index (χ4v) is 2.01. The molecule has 0 fully saturated rings. The van der Waals surface area contributed by atoms with E-state index < -0.39 is 12.5 Å². The summed E-state index contributed by atoms with van der Waals surface area (Å²) >= 11 is 1.97. The van der Waals surface area contributed by atoms with Crippen LogP contribution in [0.3, 0.4) is 0 Å². The van der Waals surface area contributed by atoms with Crippen molar-refractivity contribution in [1.82, 2.24) is 9.55 Å². The van der Waals surface area contributed by atoms with Gasteiger partial charge in [-0.15, -0.1) is 0 Å². The van der Waals surface area contributed by atoms with E-state index in [-0.39, 0.29) is 18.0 Å². The molecule has 0 atom stereocenters. The highest BCUT2D eigenvalue weighted by molar-refractivity contribution is 14.1. The average molecular weight is 394 g/mol. The number of aromatic nitrogens is 2. The molecule has 0 radical (unpaired) electrons. The molecule has 5 nitrogen and oxygen atoms in total. The van der Waals surface area contributed by atoms with E-state index in [2.05, 4.69) is 4.98 Å². The molecule has 2 rings (SSSR count). The molecule has 106 valence electrons. The zero-order valence-electron chi connectivity index (χ0n) is 9.96. The number of alkyl halides is 2. The molecule has 0 aliphatic carbocycles. The lowest BCUT2D eigenvalue weighted by molar-refractivity contribution is 0.0632. The molecule has 0 unspecified atom stereocenters. The van der Waals surface area contributed by atoms with Gasteiger partial charge in [-0.3, -0.25) is 4.57 Å². The number of nitrogens with zero attached hydrogens (tertiary/aromatic N) is 2. The van der Waals surface area contributed by atoms with Crippen LogP contribution >= 0.6 is 22.6 Å². The summed E-state index contributed by atoms with van der Waals surface area (Å²) in [6.07, 6.45) is 2.41. The Morgan fingerprint density at radius 2 is 2.25 bits per heavy atom. The van der Waals surface area contributed by atoms with Crippen LogP contribution in [-0.4, -0.2) is 20.6 Å². The lowest BCUT2D eigenvalue weighted by Crippen LogP contribution is -2.08. The van der Waals surface area contributed by atoms with Gasteiger partial charge in [-0.05, 0) is 40.8 Å². The molecule has 20 heavy (non-hydrogen) atoms. The normalized spacial score (nSPS) is 10.8. The van der Waals surface area contributed by atoms with Crippen LogP contribution in [0.2, 0.25) is 0 Å². The summed E-state index contributed by atoms with van der Waals surface area (Å²) in [6, 6.07) is 4.37. The molecule has 0 bridgehead atoms. The van der Waals surface area contributed by atoms with Crippen molar-refractivity contribution in [3.8, 4) is 5.75 Å². The minimum absolute atomic E-state index is 0.0662.